The van der Waals surface area contributed by atoms with Crippen molar-refractivity contribution >= 4 is 55.0 Å². The van der Waals surface area contributed by atoms with Gasteiger partial charge in [0, 0.05) is 21.9 Å². The van der Waals surface area contributed by atoms with E-state index in [1.165, 1.54) is 11.1 Å². The fraction of sp³-hybridized carbons (Fsp3) is 0.160. The van der Waals surface area contributed by atoms with Crippen LogP contribution in [0.3, 0.4) is 0 Å². The summed E-state index contributed by atoms with van der Waals surface area (Å²) in [6, 6.07) is 42.5. The fourth-order valence-electron chi connectivity index (χ4n) is 7.84. The van der Waals surface area contributed by atoms with Crippen molar-refractivity contribution in [2.45, 2.75) is 52.4 Å². The van der Waals surface area contributed by atoms with Crippen LogP contribution in [0.1, 0.15) is 58.2 Å². The minimum absolute atomic E-state index is 0.0354. The Morgan fingerprint density at radius 3 is 1.50 bits per heavy atom. The second-order valence-electron chi connectivity index (χ2n) is 16.8. The summed E-state index contributed by atoms with van der Waals surface area (Å²) < 4.78 is 4.16. The van der Waals surface area contributed by atoms with Gasteiger partial charge < -0.3 is 4.57 Å². The Hall–Kier alpha value is -7.60. The molecule has 3 aromatic heterocycles. The molecule has 0 atom stereocenters. The Morgan fingerprint density at radius 1 is 0.517 bits per heavy atom. The Bertz CT molecular complexity index is 3130. The van der Waals surface area contributed by atoms with Crippen molar-refractivity contribution in [1.82, 2.24) is 24.1 Å². The lowest BCUT2D eigenvalue weighted by molar-refractivity contribution is 0.590. The number of hydrogen-bond donors (Lipinski definition) is 0. The molecule has 0 aliphatic rings. The largest absolute Gasteiger partial charge is 0.308 e. The third-order valence-corrected chi connectivity index (χ3v) is 11.0. The number of aromatic nitrogens is 5. The summed E-state index contributed by atoms with van der Waals surface area (Å²) in [4.78, 5) is 22.5. The third-order valence-electron chi connectivity index (χ3n) is 11.0. The van der Waals surface area contributed by atoms with Gasteiger partial charge in [-0.15, -0.1) is 0 Å². The van der Waals surface area contributed by atoms with Crippen LogP contribution in [0.15, 0.2) is 121 Å². The highest BCUT2D eigenvalue weighted by Crippen LogP contribution is 2.40. The molecule has 0 fully saturated rings. The first-order valence-corrected chi connectivity index (χ1v) is 19.2. The van der Waals surface area contributed by atoms with Crippen molar-refractivity contribution in [3.05, 3.63) is 161 Å². The van der Waals surface area contributed by atoms with Crippen molar-refractivity contribution in [3.63, 3.8) is 0 Å². The van der Waals surface area contributed by atoms with Crippen LogP contribution in [0.25, 0.3) is 87.7 Å². The summed E-state index contributed by atoms with van der Waals surface area (Å²) in [5, 5.41) is 14.8. The molecule has 0 saturated heterocycles. The molecule has 0 aliphatic heterocycles. The molecular weight excluding hydrogens is 713 g/mol. The molecule has 6 aromatic carbocycles. The van der Waals surface area contributed by atoms with E-state index in [2.05, 4.69) is 98.3 Å². The average Bonchev–Trinajstić information content (AvgIpc) is 3.74. The number of nitrogens with zero attached hydrogens (tertiary/aromatic N) is 8. The summed E-state index contributed by atoms with van der Waals surface area (Å²) in [6.07, 6.45) is 0. The van der Waals surface area contributed by atoms with Gasteiger partial charge >= 0.3 is 0 Å². The van der Waals surface area contributed by atoms with Crippen molar-refractivity contribution in [1.29, 1.82) is 5.26 Å². The summed E-state index contributed by atoms with van der Waals surface area (Å²) in [5.41, 5.74) is 9.79. The molecule has 0 radical (unpaired) electrons. The Morgan fingerprint density at radius 2 is 1.00 bits per heavy atom. The van der Waals surface area contributed by atoms with E-state index in [-0.39, 0.29) is 10.8 Å². The standard InChI is InChI=1S/C50H38N8/c1-49(2,3)33-15-20-42-37(25-33)38-26-34(50(4,5)6)16-21-43(38)57(42)41-19-14-31(24-32(41)29-51)47-54-46(30-12-10-9-11-13-30)55-48(56-47)58-44-22-17-35(52-7)27-39(44)40-28-36(53-8)18-23-45(40)58/h9-28H,1-6H3. The second kappa shape index (κ2) is 13.3. The molecule has 3 heterocycles. The van der Waals surface area contributed by atoms with Crippen LogP contribution in [0.5, 0.6) is 0 Å². The van der Waals surface area contributed by atoms with Crippen molar-refractivity contribution in [2.75, 3.05) is 0 Å². The van der Waals surface area contributed by atoms with E-state index >= 15 is 0 Å². The van der Waals surface area contributed by atoms with Gasteiger partial charge in [-0.1, -0.05) is 96.1 Å². The minimum atomic E-state index is -0.0354. The van der Waals surface area contributed by atoms with Gasteiger partial charge in [0.2, 0.25) is 5.95 Å². The van der Waals surface area contributed by atoms with Crippen molar-refractivity contribution in [3.8, 4) is 40.5 Å². The highest BCUT2D eigenvalue weighted by Gasteiger charge is 2.23. The van der Waals surface area contributed by atoms with E-state index in [0.29, 0.717) is 40.1 Å². The van der Waals surface area contributed by atoms with Gasteiger partial charge in [0.1, 0.15) is 6.07 Å². The predicted octanol–water partition coefficient (Wildman–Crippen LogP) is 13.0. The molecule has 0 unspecified atom stereocenters. The molecule has 0 spiro atoms. The van der Waals surface area contributed by atoms with Gasteiger partial charge in [-0.25, -0.2) is 14.7 Å². The Balaban J connectivity index is 1.27. The molecule has 0 saturated carbocycles. The maximum Gasteiger partial charge on any atom is 0.238 e. The summed E-state index contributed by atoms with van der Waals surface area (Å²) in [7, 11) is 0. The van der Waals surface area contributed by atoms with Crippen LogP contribution in [-0.4, -0.2) is 24.1 Å². The second-order valence-corrected chi connectivity index (χ2v) is 16.8. The molecule has 58 heavy (non-hydrogen) atoms. The summed E-state index contributed by atoms with van der Waals surface area (Å²) in [6.45, 7) is 28.7. The minimum Gasteiger partial charge on any atom is -0.308 e. The van der Waals surface area contributed by atoms with Crippen LogP contribution in [0.2, 0.25) is 0 Å². The normalized spacial score (nSPS) is 11.9. The van der Waals surface area contributed by atoms with Gasteiger partial charge in [-0.2, -0.15) is 15.2 Å². The number of nitriles is 1. The monoisotopic (exact) mass is 750 g/mol. The zero-order valence-corrected chi connectivity index (χ0v) is 33.1. The van der Waals surface area contributed by atoms with Crippen LogP contribution in [0.4, 0.5) is 11.4 Å². The Kier molecular flexibility index (Phi) is 8.25. The molecule has 8 heteroatoms. The molecule has 9 rings (SSSR count). The number of fused-ring (bicyclic) bond motifs is 6. The summed E-state index contributed by atoms with van der Waals surface area (Å²) in [5.74, 6) is 1.26. The van der Waals surface area contributed by atoms with Crippen molar-refractivity contribution in [2.24, 2.45) is 0 Å². The van der Waals surface area contributed by atoms with E-state index in [4.69, 9.17) is 28.1 Å². The third kappa shape index (κ3) is 5.93. The Labute approximate surface area is 336 Å². The number of rotatable bonds is 4. The van der Waals surface area contributed by atoms with Crippen molar-refractivity contribution < 1.29 is 0 Å². The number of hydrogen-bond acceptors (Lipinski definition) is 4. The van der Waals surface area contributed by atoms with E-state index in [9.17, 15) is 5.26 Å². The first kappa shape index (κ1) is 36.1. The van der Waals surface area contributed by atoms with Gasteiger partial charge in [0.15, 0.2) is 23.0 Å². The fourth-order valence-corrected chi connectivity index (χ4v) is 7.84. The lowest BCUT2D eigenvalue weighted by Crippen LogP contribution is -2.10. The van der Waals surface area contributed by atoms with E-state index < -0.39 is 0 Å². The maximum atomic E-state index is 10.8. The lowest BCUT2D eigenvalue weighted by Gasteiger charge is -2.19. The average molecular weight is 751 g/mol. The molecule has 278 valence electrons. The van der Waals surface area contributed by atoms with Crippen LogP contribution in [-0.2, 0) is 10.8 Å². The first-order chi connectivity index (χ1) is 27.9. The van der Waals surface area contributed by atoms with E-state index in [1.807, 2.05) is 77.4 Å². The van der Waals surface area contributed by atoms with Gasteiger partial charge in [-0.05, 0) is 99.5 Å². The van der Waals surface area contributed by atoms with Gasteiger partial charge in [0.25, 0.3) is 0 Å². The zero-order chi connectivity index (χ0) is 40.5. The zero-order valence-electron chi connectivity index (χ0n) is 33.1. The highest BCUT2D eigenvalue weighted by atomic mass is 15.2. The van der Waals surface area contributed by atoms with Crippen LogP contribution in [0, 0.1) is 24.5 Å². The van der Waals surface area contributed by atoms with Gasteiger partial charge in [-0.3, -0.25) is 4.57 Å². The highest BCUT2D eigenvalue weighted by molar-refractivity contribution is 6.12. The van der Waals surface area contributed by atoms with Crippen LogP contribution < -0.4 is 0 Å². The lowest BCUT2D eigenvalue weighted by atomic mass is 9.85. The van der Waals surface area contributed by atoms with Gasteiger partial charge in [0.05, 0.1) is 46.5 Å². The molecular formula is C50H38N8. The molecule has 0 N–H and O–H groups in total. The SMILES string of the molecule is [C-]#[N+]c1ccc2c(c1)c1cc([N+]#[C-])ccc1n2-c1nc(-c2ccccc2)nc(-c2ccc(-n3c4ccc(C(C)(C)C)cc4c4cc(C(C)(C)C)ccc43)c(C#N)c2)n1. The molecule has 9 aromatic rings. The van der Waals surface area contributed by atoms with E-state index in [1.54, 1.807) is 12.1 Å². The molecule has 0 aliphatic carbocycles. The number of benzene rings is 6. The quantitative estimate of drug-likeness (QED) is 0.168. The smallest absolute Gasteiger partial charge is 0.238 e. The predicted molar refractivity (Wildman–Crippen MR) is 234 cm³/mol. The van der Waals surface area contributed by atoms with Crippen LogP contribution >= 0.6 is 0 Å². The van der Waals surface area contributed by atoms with E-state index in [0.717, 1.165) is 54.9 Å². The topological polar surface area (TPSA) is 81.0 Å². The molecule has 0 bridgehead atoms. The first-order valence-electron chi connectivity index (χ1n) is 19.2. The maximum absolute atomic E-state index is 10.8. The molecule has 0 amide bonds. The summed E-state index contributed by atoms with van der Waals surface area (Å²) >= 11 is 0. The molecule has 8 nitrogen and oxygen atoms in total.